The Bertz CT molecular complexity index is 1930. The molecule has 4 N–H and O–H groups in total. The van der Waals surface area contributed by atoms with Crippen LogP contribution in [0.4, 0.5) is 11.5 Å². The number of hydrogen-bond donors (Lipinski definition) is 3. The molecule has 208 valence electrons. The van der Waals surface area contributed by atoms with Crippen LogP contribution in [-0.4, -0.2) is 59.2 Å². The number of carbonyl (C=O) groups is 2. The first kappa shape index (κ1) is 26.3. The topological polar surface area (TPSA) is 156 Å². The van der Waals surface area contributed by atoms with Gasteiger partial charge in [0.25, 0.3) is 5.91 Å². The third-order valence-electron chi connectivity index (χ3n) is 6.99. The number of nitrogens with zero attached hydrogens (tertiary/aromatic N) is 7. The summed E-state index contributed by atoms with van der Waals surface area (Å²) < 4.78 is 3.06. The van der Waals surface area contributed by atoms with Crippen molar-refractivity contribution < 1.29 is 14.8 Å². The molecule has 0 aliphatic carbocycles. The number of anilines is 2. The van der Waals surface area contributed by atoms with E-state index in [0.717, 1.165) is 0 Å². The second-order valence-electron chi connectivity index (χ2n) is 9.73. The van der Waals surface area contributed by atoms with Gasteiger partial charge in [-0.25, -0.2) is 9.50 Å². The Morgan fingerprint density at radius 1 is 1.14 bits per heavy atom. The Balaban J connectivity index is 1.44. The number of aromatic nitrogens is 5. The second-order valence-corrected chi connectivity index (χ2v) is 9.73. The van der Waals surface area contributed by atoms with E-state index in [0.29, 0.717) is 27.9 Å². The number of hydrogen-bond acceptors (Lipinski definition) is 8. The van der Waals surface area contributed by atoms with E-state index in [1.54, 1.807) is 78.5 Å². The Morgan fingerprint density at radius 3 is 2.69 bits per heavy atom. The first-order valence-corrected chi connectivity index (χ1v) is 13.0. The molecule has 5 aromatic rings. The van der Waals surface area contributed by atoms with Gasteiger partial charge >= 0.3 is 0 Å². The van der Waals surface area contributed by atoms with Crippen LogP contribution >= 0.6 is 0 Å². The molecule has 3 aromatic heterocycles. The fraction of sp³-hybridized carbons (Fsp3) is 0.133. The number of oxime groups is 1. The minimum Gasteiger partial charge on any atom is -0.409 e. The van der Waals surface area contributed by atoms with Gasteiger partial charge in [0.05, 0.1) is 17.8 Å². The van der Waals surface area contributed by atoms with Gasteiger partial charge in [-0.2, -0.15) is 5.10 Å². The fourth-order valence-corrected chi connectivity index (χ4v) is 5.16. The smallest absolute Gasteiger partial charge is 0.259 e. The first-order chi connectivity index (χ1) is 20.4. The van der Waals surface area contributed by atoms with E-state index in [1.165, 1.54) is 10.7 Å². The molecule has 12 heteroatoms. The van der Waals surface area contributed by atoms with Crippen molar-refractivity contribution in [3.63, 3.8) is 0 Å². The lowest BCUT2D eigenvalue weighted by Crippen LogP contribution is -2.59. The number of benzene rings is 2. The molecule has 42 heavy (non-hydrogen) atoms. The summed E-state index contributed by atoms with van der Waals surface area (Å²) in [6, 6.07) is 14.1. The number of ketones is 1. The molecular weight excluding hydrogens is 534 g/mol. The highest BCUT2D eigenvalue weighted by molar-refractivity contribution is 6.25. The van der Waals surface area contributed by atoms with Crippen LogP contribution in [-0.2, 0) is 7.05 Å². The Kier molecular flexibility index (Phi) is 6.60. The summed E-state index contributed by atoms with van der Waals surface area (Å²) in [5.74, 6) is 5.46. The summed E-state index contributed by atoms with van der Waals surface area (Å²) in [5, 5.41) is 25.3. The van der Waals surface area contributed by atoms with Gasteiger partial charge < -0.3 is 21.2 Å². The second kappa shape index (κ2) is 10.5. The van der Waals surface area contributed by atoms with Crippen LogP contribution in [0.1, 0.15) is 44.3 Å². The number of rotatable bonds is 4. The summed E-state index contributed by atoms with van der Waals surface area (Å²) in [7, 11) is 1.79. The summed E-state index contributed by atoms with van der Waals surface area (Å²) in [6.07, 6.45) is 6.58. The van der Waals surface area contributed by atoms with Crippen LogP contribution in [0.2, 0.25) is 0 Å². The third-order valence-corrected chi connectivity index (χ3v) is 6.99. The standard InChI is InChI=1S/C30H25N9O3/c1-18(34-30(41)24-27(31)35-38-15-7-14-32-28(24)38)25-26(40)22-11-6-8-20(13-12-19-16-33-37(2)17-19)23(22)29(36-42)39(25)21-9-4-3-5-10-21/h3-11,14-18,25,42H,1-2H3,(H2,31,35)(H,34,41). The van der Waals surface area contributed by atoms with Crippen molar-refractivity contribution in [2.24, 2.45) is 12.2 Å². The summed E-state index contributed by atoms with van der Waals surface area (Å²) in [4.78, 5) is 33.6. The van der Waals surface area contributed by atoms with E-state index in [9.17, 15) is 14.8 Å². The number of carbonyl (C=O) groups excluding carboxylic acids is 2. The van der Waals surface area contributed by atoms with Gasteiger partial charge in [0.15, 0.2) is 23.1 Å². The molecule has 1 aliphatic rings. The summed E-state index contributed by atoms with van der Waals surface area (Å²) >= 11 is 0. The van der Waals surface area contributed by atoms with Crippen LogP contribution in [0.25, 0.3) is 5.65 Å². The maximum atomic E-state index is 14.2. The molecule has 0 fully saturated rings. The highest BCUT2D eigenvalue weighted by Crippen LogP contribution is 2.32. The molecule has 0 saturated carbocycles. The van der Waals surface area contributed by atoms with Gasteiger partial charge in [0.1, 0.15) is 11.6 Å². The molecular formula is C30H25N9O3. The zero-order valence-electron chi connectivity index (χ0n) is 22.6. The molecule has 6 rings (SSSR count). The number of nitrogens with two attached hydrogens (primary N) is 1. The number of aryl methyl sites for hydroxylation is 1. The number of Topliss-reactive ketones (excluding diaryl/α,β-unsaturated/α-hetero) is 1. The van der Waals surface area contributed by atoms with Gasteiger partial charge in [-0.1, -0.05) is 47.3 Å². The maximum absolute atomic E-state index is 14.2. The maximum Gasteiger partial charge on any atom is 0.259 e. The Labute approximate surface area is 240 Å². The van der Waals surface area contributed by atoms with Crippen molar-refractivity contribution >= 4 is 34.7 Å². The number of nitrogen functional groups attached to an aromatic ring is 1. The zero-order valence-corrected chi connectivity index (χ0v) is 22.6. The van der Waals surface area contributed by atoms with E-state index in [4.69, 9.17) is 5.73 Å². The van der Waals surface area contributed by atoms with Gasteiger partial charge in [-0.05, 0) is 31.2 Å². The summed E-state index contributed by atoms with van der Waals surface area (Å²) in [5.41, 5.74) is 8.93. The van der Waals surface area contributed by atoms with Crippen LogP contribution in [0.5, 0.6) is 0 Å². The lowest BCUT2D eigenvalue weighted by Gasteiger charge is -2.40. The number of amidine groups is 1. The molecule has 4 heterocycles. The van der Waals surface area contributed by atoms with Crippen molar-refractivity contribution in [1.82, 2.24) is 29.7 Å². The van der Waals surface area contributed by atoms with E-state index >= 15 is 0 Å². The number of para-hydroxylation sites is 1. The Morgan fingerprint density at radius 2 is 1.95 bits per heavy atom. The van der Waals surface area contributed by atoms with E-state index in [1.807, 2.05) is 18.2 Å². The van der Waals surface area contributed by atoms with Crippen molar-refractivity contribution in [2.45, 2.75) is 19.0 Å². The average molecular weight is 560 g/mol. The van der Waals surface area contributed by atoms with Crippen molar-refractivity contribution in [1.29, 1.82) is 0 Å². The zero-order chi connectivity index (χ0) is 29.4. The fourth-order valence-electron chi connectivity index (χ4n) is 5.16. The van der Waals surface area contributed by atoms with Gasteiger partial charge in [0.2, 0.25) is 0 Å². The molecule has 2 atom stereocenters. The molecule has 12 nitrogen and oxygen atoms in total. The molecule has 1 aliphatic heterocycles. The van der Waals surface area contributed by atoms with Crippen LogP contribution < -0.4 is 16.0 Å². The lowest BCUT2D eigenvalue weighted by atomic mass is 9.85. The first-order valence-electron chi connectivity index (χ1n) is 13.0. The van der Waals surface area contributed by atoms with Gasteiger partial charge in [-0.15, -0.1) is 5.10 Å². The van der Waals surface area contributed by atoms with Gasteiger partial charge in [-0.3, -0.25) is 14.3 Å². The van der Waals surface area contributed by atoms with Crippen molar-refractivity contribution in [3.8, 4) is 11.8 Å². The quantitative estimate of drug-likeness (QED) is 0.172. The number of amides is 1. The molecule has 0 spiro atoms. The molecule has 0 radical (unpaired) electrons. The van der Waals surface area contributed by atoms with Crippen LogP contribution in [0.3, 0.4) is 0 Å². The number of nitrogens with one attached hydrogen (secondary N) is 1. The average Bonchev–Trinajstić information content (AvgIpc) is 3.57. The van der Waals surface area contributed by atoms with Crippen molar-refractivity contribution in [2.75, 3.05) is 10.6 Å². The molecule has 2 aromatic carbocycles. The Hall–Kier alpha value is -5.96. The largest absolute Gasteiger partial charge is 0.409 e. The molecule has 0 saturated heterocycles. The minimum absolute atomic E-state index is 0.00748. The van der Waals surface area contributed by atoms with E-state index in [2.05, 4.69) is 37.5 Å². The lowest BCUT2D eigenvalue weighted by molar-refractivity contribution is 0.0900. The summed E-state index contributed by atoms with van der Waals surface area (Å²) in [6.45, 7) is 1.71. The molecule has 1 amide bonds. The molecule has 0 bridgehead atoms. The normalized spacial score (nSPS) is 16.1. The predicted molar refractivity (Wildman–Crippen MR) is 155 cm³/mol. The highest BCUT2D eigenvalue weighted by Gasteiger charge is 2.43. The monoisotopic (exact) mass is 559 g/mol. The predicted octanol–water partition coefficient (Wildman–Crippen LogP) is 2.47. The third kappa shape index (κ3) is 4.48. The van der Waals surface area contributed by atoms with Crippen LogP contribution in [0.15, 0.2) is 84.5 Å². The van der Waals surface area contributed by atoms with E-state index < -0.39 is 18.0 Å². The van der Waals surface area contributed by atoms with Crippen LogP contribution in [0, 0.1) is 11.8 Å². The molecule has 2 unspecified atom stereocenters. The van der Waals surface area contributed by atoms with Gasteiger partial charge in [0, 0.05) is 48.0 Å². The highest BCUT2D eigenvalue weighted by atomic mass is 16.4. The van der Waals surface area contributed by atoms with Crippen molar-refractivity contribution in [3.05, 3.63) is 107 Å². The minimum atomic E-state index is -0.979. The number of fused-ring (bicyclic) bond motifs is 2. The SMILES string of the molecule is CC(NC(=O)c1c(N)nn2cccnc12)C1C(=O)c2cccc(C#Cc3cnn(C)c3)c2C(=NO)N1c1ccccc1. The van der Waals surface area contributed by atoms with E-state index in [-0.39, 0.29) is 28.6 Å².